The number of amides is 1. The first kappa shape index (κ1) is 14.6. The fourth-order valence-corrected chi connectivity index (χ4v) is 1.89. The molecule has 1 aromatic heterocycles. The molecule has 2 aromatic rings. The van der Waals surface area contributed by atoms with E-state index in [0.29, 0.717) is 17.1 Å². The van der Waals surface area contributed by atoms with Crippen LogP contribution >= 0.6 is 11.6 Å². The molecule has 0 aliphatic heterocycles. The van der Waals surface area contributed by atoms with Crippen LogP contribution in [0.25, 0.3) is 11.3 Å². The lowest BCUT2D eigenvalue weighted by atomic mass is 10.1. The van der Waals surface area contributed by atoms with Gasteiger partial charge >= 0.3 is 0 Å². The minimum atomic E-state index is -0.397. The SMILES string of the molecule is CCC(CO)NC(=O)c1cc(-c2cccc(Cl)c2)no1. The van der Waals surface area contributed by atoms with Gasteiger partial charge in [-0.2, -0.15) is 0 Å². The van der Waals surface area contributed by atoms with Crippen molar-refractivity contribution in [3.8, 4) is 11.3 Å². The topological polar surface area (TPSA) is 75.4 Å². The number of rotatable bonds is 5. The van der Waals surface area contributed by atoms with Crippen molar-refractivity contribution in [1.82, 2.24) is 10.5 Å². The molecule has 0 bridgehead atoms. The molecule has 1 amide bonds. The summed E-state index contributed by atoms with van der Waals surface area (Å²) in [4.78, 5) is 11.9. The summed E-state index contributed by atoms with van der Waals surface area (Å²) in [6.45, 7) is 1.76. The molecule has 1 unspecified atom stereocenters. The third kappa shape index (κ3) is 3.37. The van der Waals surface area contributed by atoms with Crippen LogP contribution in [0.5, 0.6) is 0 Å². The highest BCUT2D eigenvalue weighted by Crippen LogP contribution is 2.22. The van der Waals surface area contributed by atoms with Gasteiger partial charge in [0.1, 0.15) is 5.69 Å². The number of hydrogen-bond acceptors (Lipinski definition) is 4. The molecule has 6 heteroatoms. The van der Waals surface area contributed by atoms with Gasteiger partial charge in [0.25, 0.3) is 5.91 Å². The second-order valence-corrected chi connectivity index (χ2v) is 4.78. The Hall–Kier alpha value is -1.85. The maximum atomic E-state index is 11.9. The smallest absolute Gasteiger partial charge is 0.290 e. The fraction of sp³-hybridized carbons (Fsp3) is 0.286. The molecular weight excluding hydrogens is 280 g/mol. The molecule has 5 nitrogen and oxygen atoms in total. The summed E-state index contributed by atoms with van der Waals surface area (Å²) in [6, 6.07) is 8.38. The van der Waals surface area contributed by atoms with E-state index in [-0.39, 0.29) is 18.4 Å². The molecule has 0 spiro atoms. The van der Waals surface area contributed by atoms with E-state index in [1.165, 1.54) is 0 Å². The van der Waals surface area contributed by atoms with Crippen molar-refractivity contribution in [2.75, 3.05) is 6.61 Å². The monoisotopic (exact) mass is 294 g/mol. The Balaban J connectivity index is 2.14. The number of nitrogens with zero attached hydrogens (tertiary/aromatic N) is 1. The van der Waals surface area contributed by atoms with Gasteiger partial charge in [0.15, 0.2) is 0 Å². The molecule has 106 valence electrons. The van der Waals surface area contributed by atoms with E-state index in [0.717, 1.165) is 5.56 Å². The Morgan fingerprint density at radius 1 is 1.50 bits per heavy atom. The Bertz CT molecular complexity index is 594. The van der Waals surface area contributed by atoms with Crippen LogP contribution in [0.4, 0.5) is 0 Å². The molecule has 0 radical (unpaired) electrons. The van der Waals surface area contributed by atoms with Gasteiger partial charge in [-0.25, -0.2) is 0 Å². The number of carbonyl (C=O) groups excluding carboxylic acids is 1. The van der Waals surface area contributed by atoms with Crippen molar-refractivity contribution in [2.24, 2.45) is 0 Å². The summed E-state index contributed by atoms with van der Waals surface area (Å²) in [5, 5.41) is 16.2. The molecule has 0 saturated carbocycles. The van der Waals surface area contributed by atoms with E-state index in [1.54, 1.807) is 24.3 Å². The van der Waals surface area contributed by atoms with Crippen molar-refractivity contribution >= 4 is 17.5 Å². The summed E-state index contributed by atoms with van der Waals surface area (Å²) in [6.07, 6.45) is 0.636. The fourth-order valence-electron chi connectivity index (χ4n) is 1.70. The van der Waals surface area contributed by atoms with E-state index in [4.69, 9.17) is 21.2 Å². The highest BCUT2D eigenvalue weighted by Gasteiger charge is 2.17. The van der Waals surface area contributed by atoms with Crippen molar-refractivity contribution in [3.05, 3.63) is 41.1 Å². The Morgan fingerprint density at radius 2 is 2.30 bits per heavy atom. The molecular formula is C14H15ClN2O3. The number of benzene rings is 1. The highest BCUT2D eigenvalue weighted by molar-refractivity contribution is 6.30. The lowest BCUT2D eigenvalue weighted by molar-refractivity contribution is 0.0878. The third-order valence-corrected chi connectivity index (χ3v) is 3.14. The van der Waals surface area contributed by atoms with Crippen LogP contribution in [-0.4, -0.2) is 28.8 Å². The van der Waals surface area contributed by atoms with Crippen molar-refractivity contribution in [1.29, 1.82) is 0 Å². The molecule has 0 fully saturated rings. The Morgan fingerprint density at radius 3 is 2.95 bits per heavy atom. The number of halogens is 1. The average Bonchev–Trinajstić information content (AvgIpc) is 2.94. The lowest BCUT2D eigenvalue weighted by Gasteiger charge is -2.11. The largest absolute Gasteiger partial charge is 0.394 e. The molecule has 1 atom stereocenters. The standard InChI is InChI=1S/C14H15ClN2O3/c1-2-11(8-18)16-14(19)13-7-12(17-20-13)9-4-3-5-10(15)6-9/h3-7,11,18H,2,8H2,1H3,(H,16,19). The molecule has 1 heterocycles. The second kappa shape index (κ2) is 6.54. The van der Waals surface area contributed by atoms with Crippen molar-refractivity contribution in [3.63, 3.8) is 0 Å². The summed E-state index contributed by atoms with van der Waals surface area (Å²) in [7, 11) is 0. The van der Waals surface area contributed by atoms with Gasteiger partial charge in [-0.05, 0) is 18.6 Å². The zero-order valence-electron chi connectivity index (χ0n) is 11.0. The quantitative estimate of drug-likeness (QED) is 0.888. The van der Waals surface area contributed by atoms with Crippen LogP contribution in [0.1, 0.15) is 23.9 Å². The molecule has 0 aliphatic rings. The van der Waals surface area contributed by atoms with Gasteiger partial charge in [0.05, 0.1) is 12.6 Å². The van der Waals surface area contributed by atoms with Crippen LogP contribution < -0.4 is 5.32 Å². The number of nitrogens with one attached hydrogen (secondary N) is 1. The number of aliphatic hydroxyl groups is 1. The van der Waals surface area contributed by atoms with Crippen LogP contribution in [-0.2, 0) is 0 Å². The number of aromatic nitrogens is 1. The van der Waals surface area contributed by atoms with E-state index in [9.17, 15) is 4.79 Å². The van der Waals surface area contributed by atoms with E-state index in [1.807, 2.05) is 13.0 Å². The van der Waals surface area contributed by atoms with Crippen molar-refractivity contribution in [2.45, 2.75) is 19.4 Å². The van der Waals surface area contributed by atoms with Gasteiger partial charge < -0.3 is 14.9 Å². The van der Waals surface area contributed by atoms with Gasteiger partial charge in [-0.15, -0.1) is 0 Å². The summed E-state index contributed by atoms with van der Waals surface area (Å²) in [5.41, 5.74) is 1.31. The van der Waals surface area contributed by atoms with Crippen LogP contribution in [0.15, 0.2) is 34.9 Å². The zero-order valence-corrected chi connectivity index (χ0v) is 11.7. The second-order valence-electron chi connectivity index (χ2n) is 4.35. The first-order chi connectivity index (χ1) is 9.63. The molecule has 2 N–H and O–H groups in total. The minimum absolute atomic E-state index is 0.104. The van der Waals surface area contributed by atoms with Gasteiger partial charge in [0, 0.05) is 16.7 Å². The van der Waals surface area contributed by atoms with E-state index in [2.05, 4.69) is 10.5 Å². The molecule has 1 aromatic carbocycles. The Kier molecular flexibility index (Phi) is 4.76. The zero-order chi connectivity index (χ0) is 14.5. The Labute approximate surface area is 121 Å². The number of carbonyl (C=O) groups is 1. The maximum Gasteiger partial charge on any atom is 0.290 e. The first-order valence-corrected chi connectivity index (χ1v) is 6.66. The summed E-state index contributed by atoms with van der Waals surface area (Å²) in [5.74, 6) is -0.293. The van der Waals surface area contributed by atoms with E-state index >= 15 is 0 Å². The third-order valence-electron chi connectivity index (χ3n) is 2.90. The van der Waals surface area contributed by atoms with E-state index < -0.39 is 5.91 Å². The molecule has 20 heavy (non-hydrogen) atoms. The number of hydrogen-bond donors (Lipinski definition) is 2. The predicted molar refractivity (Wildman–Crippen MR) is 75.6 cm³/mol. The predicted octanol–water partition coefficient (Wildman–Crippen LogP) is 2.50. The van der Waals surface area contributed by atoms with Gasteiger partial charge in [0.2, 0.25) is 5.76 Å². The first-order valence-electron chi connectivity index (χ1n) is 6.28. The van der Waals surface area contributed by atoms with Gasteiger partial charge in [-0.3, -0.25) is 4.79 Å². The van der Waals surface area contributed by atoms with Crippen LogP contribution in [0, 0.1) is 0 Å². The van der Waals surface area contributed by atoms with Crippen molar-refractivity contribution < 1.29 is 14.4 Å². The summed E-state index contributed by atoms with van der Waals surface area (Å²) < 4.78 is 5.02. The highest BCUT2D eigenvalue weighted by atomic mass is 35.5. The maximum absolute atomic E-state index is 11.9. The minimum Gasteiger partial charge on any atom is -0.394 e. The lowest BCUT2D eigenvalue weighted by Crippen LogP contribution is -2.36. The van der Waals surface area contributed by atoms with Gasteiger partial charge in [-0.1, -0.05) is 35.8 Å². The molecule has 0 aliphatic carbocycles. The normalized spacial score (nSPS) is 12.2. The molecule has 0 saturated heterocycles. The molecule has 2 rings (SSSR count). The van der Waals surface area contributed by atoms with Crippen LogP contribution in [0.3, 0.4) is 0 Å². The number of aliphatic hydroxyl groups excluding tert-OH is 1. The summed E-state index contributed by atoms with van der Waals surface area (Å²) >= 11 is 5.91. The average molecular weight is 295 g/mol. The van der Waals surface area contributed by atoms with Crippen LogP contribution in [0.2, 0.25) is 5.02 Å².